The number of carbonyl (C=O) groups is 1. The van der Waals surface area contributed by atoms with Gasteiger partial charge in [0, 0.05) is 24.7 Å². The Balaban J connectivity index is 1.63. The van der Waals surface area contributed by atoms with E-state index in [0.717, 1.165) is 36.3 Å². The van der Waals surface area contributed by atoms with Crippen molar-refractivity contribution in [3.05, 3.63) is 52.7 Å². The molecule has 1 aromatic carbocycles. The molecule has 0 aliphatic carbocycles. The predicted molar refractivity (Wildman–Crippen MR) is 98.7 cm³/mol. The zero-order valence-corrected chi connectivity index (χ0v) is 15.7. The third-order valence-electron chi connectivity index (χ3n) is 5.88. The van der Waals surface area contributed by atoms with Gasteiger partial charge in [-0.2, -0.15) is 0 Å². The van der Waals surface area contributed by atoms with Gasteiger partial charge in [-0.05, 0) is 45.2 Å². The molecule has 2 aliphatic heterocycles. The minimum atomic E-state index is -0.470. The van der Waals surface area contributed by atoms with Gasteiger partial charge in [0.1, 0.15) is 11.6 Å². The van der Waals surface area contributed by atoms with Crippen LogP contribution in [0.1, 0.15) is 52.6 Å². The van der Waals surface area contributed by atoms with Crippen LogP contribution in [-0.4, -0.2) is 41.1 Å². The average molecular weight is 372 g/mol. The summed E-state index contributed by atoms with van der Waals surface area (Å²) in [7, 11) is 0. The molecule has 2 N–H and O–H groups in total. The van der Waals surface area contributed by atoms with Gasteiger partial charge in [0.2, 0.25) is 0 Å². The number of nitrogens with zero attached hydrogens (tertiary/aromatic N) is 2. The van der Waals surface area contributed by atoms with Crippen LogP contribution in [0, 0.1) is 19.7 Å². The van der Waals surface area contributed by atoms with Gasteiger partial charge in [0.25, 0.3) is 5.91 Å². The van der Waals surface area contributed by atoms with E-state index in [1.807, 2.05) is 18.7 Å². The van der Waals surface area contributed by atoms with Crippen molar-refractivity contribution in [3.63, 3.8) is 0 Å². The quantitative estimate of drug-likeness (QED) is 0.867. The first kappa shape index (κ1) is 18.1. The third kappa shape index (κ3) is 3.26. The number of hydrogen-bond acceptors (Lipinski definition) is 5. The van der Waals surface area contributed by atoms with Gasteiger partial charge in [-0.15, -0.1) is 0 Å². The van der Waals surface area contributed by atoms with E-state index in [2.05, 4.69) is 16.0 Å². The second-order valence-electron chi connectivity index (χ2n) is 7.46. The molecule has 0 saturated carbocycles. The lowest BCUT2D eigenvalue weighted by Crippen LogP contribution is -2.55. The lowest BCUT2D eigenvalue weighted by atomic mass is 9.85. The number of carbonyl (C=O) groups excluding carboxylic acids is 1. The van der Waals surface area contributed by atoms with E-state index in [1.165, 1.54) is 6.07 Å². The molecule has 2 saturated heterocycles. The number of aromatic nitrogens is 1. The van der Waals surface area contributed by atoms with Crippen molar-refractivity contribution in [2.75, 3.05) is 13.1 Å². The van der Waals surface area contributed by atoms with Crippen LogP contribution in [0.4, 0.5) is 4.39 Å². The first-order chi connectivity index (χ1) is 13.1. The van der Waals surface area contributed by atoms with Gasteiger partial charge in [-0.3, -0.25) is 15.6 Å². The molecule has 2 aliphatic rings. The maximum atomic E-state index is 14.2. The molecule has 3 atom stereocenters. The Morgan fingerprint density at radius 1 is 1.30 bits per heavy atom. The van der Waals surface area contributed by atoms with Crippen molar-refractivity contribution in [1.82, 2.24) is 20.9 Å². The summed E-state index contributed by atoms with van der Waals surface area (Å²) in [6.45, 7) is 5.29. The number of piperidine rings is 1. The molecule has 3 unspecified atom stereocenters. The van der Waals surface area contributed by atoms with Crippen LogP contribution in [-0.2, 0) is 0 Å². The number of halogens is 1. The Labute approximate surface area is 158 Å². The smallest absolute Gasteiger partial charge is 0.257 e. The standard InChI is InChI=1S/C20H25FN4O2/c1-12-13(2)24-27-19(12)15-11-22-23-18(15)17-9-5-6-10-25(17)20(26)14-7-3-4-8-16(14)21/h3-4,7-8,15,17-18,22-23H,5-6,9-11H2,1-2H3. The molecule has 7 heteroatoms. The van der Waals surface area contributed by atoms with Crippen LogP contribution >= 0.6 is 0 Å². The van der Waals surface area contributed by atoms with Crippen molar-refractivity contribution >= 4 is 5.91 Å². The fourth-order valence-electron chi connectivity index (χ4n) is 4.29. The highest BCUT2D eigenvalue weighted by atomic mass is 19.1. The topological polar surface area (TPSA) is 70.4 Å². The molecule has 6 nitrogen and oxygen atoms in total. The van der Waals surface area contributed by atoms with Gasteiger partial charge in [-0.1, -0.05) is 17.3 Å². The summed E-state index contributed by atoms with van der Waals surface area (Å²) >= 11 is 0. The molecule has 2 aromatic rings. The van der Waals surface area contributed by atoms with E-state index in [-0.39, 0.29) is 29.5 Å². The number of amides is 1. The molecule has 1 aromatic heterocycles. The lowest BCUT2D eigenvalue weighted by Gasteiger charge is -2.40. The van der Waals surface area contributed by atoms with Gasteiger partial charge >= 0.3 is 0 Å². The highest BCUT2D eigenvalue weighted by Gasteiger charge is 2.42. The molecular formula is C20H25FN4O2. The Morgan fingerprint density at radius 2 is 2.11 bits per heavy atom. The van der Waals surface area contributed by atoms with Crippen molar-refractivity contribution < 1.29 is 13.7 Å². The largest absolute Gasteiger partial charge is 0.360 e. The maximum absolute atomic E-state index is 14.2. The number of likely N-dealkylation sites (tertiary alicyclic amines) is 1. The first-order valence-corrected chi connectivity index (χ1v) is 9.54. The molecular weight excluding hydrogens is 347 g/mol. The molecule has 3 heterocycles. The normalized spacial score (nSPS) is 25.7. The second-order valence-corrected chi connectivity index (χ2v) is 7.46. The van der Waals surface area contributed by atoms with E-state index >= 15 is 0 Å². The molecule has 144 valence electrons. The Kier molecular flexibility index (Phi) is 4.97. The van der Waals surface area contributed by atoms with E-state index in [0.29, 0.717) is 13.1 Å². The Bertz CT molecular complexity index is 837. The van der Waals surface area contributed by atoms with Crippen LogP contribution in [0.3, 0.4) is 0 Å². The van der Waals surface area contributed by atoms with Crippen LogP contribution < -0.4 is 10.9 Å². The molecule has 0 spiro atoms. The summed E-state index contributed by atoms with van der Waals surface area (Å²) in [4.78, 5) is 14.9. The lowest BCUT2D eigenvalue weighted by molar-refractivity contribution is 0.0540. The number of hydrazine groups is 1. The zero-order chi connectivity index (χ0) is 19.0. The Morgan fingerprint density at radius 3 is 2.85 bits per heavy atom. The molecule has 4 rings (SSSR count). The van der Waals surface area contributed by atoms with Crippen molar-refractivity contribution in [2.24, 2.45) is 0 Å². The maximum Gasteiger partial charge on any atom is 0.257 e. The number of aryl methyl sites for hydroxylation is 1. The van der Waals surface area contributed by atoms with Gasteiger partial charge < -0.3 is 9.42 Å². The summed E-state index contributed by atoms with van der Waals surface area (Å²) < 4.78 is 19.8. The number of rotatable bonds is 3. The van der Waals surface area contributed by atoms with Crippen molar-refractivity contribution in [1.29, 1.82) is 0 Å². The molecule has 0 radical (unpaired) electrons. The van der Waals surface area contributed by atoms with E-state index < -0.39 is 5.82 Å². The monoisotopic (exact) mass is 372 g/mol. The summed E-state index contributed by atoms with van der Waals surface area (Å²) in [5, 5.41) is 4.09. The Hall–Kier alpha value is -2.25. The summed E-state index contributed by atoms with van der Waals surface area (Å²) in [6.07, 6.45) is 2.86. The molecule has 27 heavy (non-hydrogen) atoms. The number of hydrogen-bond donors (Lipinski definition) is 2. The zero-order valence-electron chi connectivity index (χ0n) is 15.7. The van der Waals surface area contributed by atoms with Crippen molar-refractivity contribution in [3.8, 4) is 0 Å². The summed E-state index contributed by atoms with van der Waals surface area (Å²) in [5.74, 6) is 0.224. The SMILES string of the molecule is Cc1noc(C2CNNC2C2CCCCN2C(=O)c2ccccc2F)c1C. The minimum absolute atomic E-state index is 0.00734. The van der Waals surface area contributed by atoms with Crippen LogP contribution in [0.25, 0.3) is 0 Å². The van der Waals surface area contributed by atoms with Crippen LogP contribution in [0.2, 0.25) is 0 Å². The van der Waals surface area contributed by atoms with Gasteiger partial charge in [0.05, 0.1) is 23.2 Å². The van der Waals surface area contributed by atoms with E-state index in [4.69, 9.17) is 4.52 Å². The van der Waals surface area contributed by atoms with E-state index in [9.17, 15) is 9.18 Å². The van der Waals surface area contributed by atoms with Gasteiger partial charge in [0.15, 0.2) is 0 Å². The fraction of sp³-hybridized carbons (Fsp3) is 0.500. The van der Waals surface area contributed by atoms with Gasteiger partial charge in [-0.25, -0.2) is 4.39 Å². The van der Waals surface area contributed by atoms with Crippen LogP contribution in [0.5, 0.6) is 0 Å². The number of nitrogens with one attached hydrogen (secondary N) is 2. The number of benzene rings is 1. The highest BCUT2D eigenvalue weighted by molar-refractivity contribution is 5.94. The van der Waals surface area contributed by atoms with Crippen molar-refractivity contribution in [2.45, 2.75) is 51.1 Å². The average Bonchev–Trinajstić information content (AvgIpc) is 3.29. The summed E-state index contributed by atoms with van der Waals surface area (Å²) in [6, 6.07) is 6.17. The molecule has 0 bridgehead atoms. The third-order valence-corrected chi connectivity index (χ3v) is 5.88. The first-order valence-electron chi connectivity index (χ1n) is 9.54. The molecule has 1 amide bonds. The molecule has 2 fully saturated rings. The predicted octanol–water partition coefficient (Wildman–Crippen LogP) is 2.69. The summed E-state index contributed by atoms with van der Waals surface area (Å²) in [5.41, 5.74) is 8.63. The second kappa shape index (κ2) is 7.40. The minimum Gasteiger partial charge on any atom is -0.360 e. The fourth-order valence-corrected chi connectivity index (χ4v) is 4.29. The van der Waals surface area contributed by atoms with Crippen LogP contribution in [0.15, 0.2) is 28.8 Å². The highest BCUT2D eigenvalue weighted by Crippen LogP contribution is 2.33. The van der Waals surface area contributed by atoms with E-state index in [1.54, 1.807) is 18.2 Å².